The predicted octanol–water partition coefficient (Wildman–Crippen LogP) is 0.0375. The first-order valence-corrected chi connectivity index (χ1v) is 3.63. The molecule has 0 aromatic carbocycles. The maximum absolute atomic E-state index is 11.0. The van der Waals surface area contributed by atoms with E-state index in [0.717, 1.165) is 12.8 Å². The quantitative estimate of drug-likeness (QED) is 0.503. The number of carbonyl (C=O) groups excluding carboxylic acids is 1. The van der Waals surface area contributed by atoms with Crippen LogP contribution in [-0.2, 0) is 4.79 Å². The van der Waals surface area contributed by atoms with Crippen LogP contribution in [0.3, 0.4) is 0 Å². The lowest BCUT2D eigenvalue weighted by Crippen LogP contribution is -2.42. The van der Waals surface area contributed by atoms with Crippen molar-refractivity contribution in [3.8, 4) is 0 Å². The summed E-state index contributed by atoms with van der Waals surface area (Å²) in [5.74, 6) is -0.231. The number of amides is 1. The number of hydrogen-bond acceptors (Lipinski definition) is 2. The molecule has 10 heavy (non-hydrogen) atoms. The second kappa shape index (κ2) is 2.58. The van der Waals surface area contributed by atoms with Crippen LogP contribution in [0.4, 0.5) is 0 Å². The Kier molecular flexibility index (Phi) is 1.94. The van der Waals surface area contributed by atoms with E-state index < -0.39 is 5.60 Å². The molecule has 0 bridgehead atoms. The summed E-state index contributed by atoms with van der Waals surface area (Å²) in [5, 5.41) is 12.1. The third-order valence-corrected chi connectivity index (χ3v) is 1.87. The Morgan fingerprint density at radius 1 is 1.60 bits per heavy atom. The van der Waals surface area contributed by atoms with Gasteiger partial charge in [0, 0.05) is 6.54 Å². The molecule has 1 atom stereocenters. The largest absolute Gasteiger partial charge is 0.380 e. The van der Waals surface area contributed by atoms with Gasteiger partial charge < -0.3 is 10.4 Å². The number of nitrogens with one attached hydrogen (secondary N) is 1. The fourth-order valence-corrected chi connectivity index (χ4v) is 1.10. The van der Waals surface area contributed by atoms with E-state index in [1.807, 2.05) is 0 Å². The van der Waals surface area contributed by atoms with Crippen LogP contribution >= 0.6 is 0 Å². The topological polar surface area (TPSA) is 49.3 Å². The lowest BCUT2D eigenvalue weighted by molar-refractivity contribution is -0.137. The highest BCUT2D eigenvalue weighted by molar-refractivity contribution is 5.84. The van der Waals surface area contributed by atoms with Gasteiger partial charge in [0.25, 0.3) is 5.91 Å². The molecule has 1 saturated heterocycles. The van der Waals surface area contributed by atoms with Crippen LogP contribution in [0.1, 0.15) is 26.2 Å². The van der Waals surface area contributed by atoms with E-state index in [1.165, 1.54) is 0 Å². The SMILES string of the molecule is CC1(O)CCCCNC1=O. The zero-order valence-electron chi connectivity index (χ0n) is 6.18. The summed E-state index contributed by atoms with van der Waals surface area (Å²) in [7, 11) is 0. The summed E-state index contributed by atoms with van der Waals surface area (Å²) in [6.07, 6.45) is 2.48. The molecular weight excluding hydrogens is 130 g/mol. The molecule has 3 heteroatoms. The van der Waals surface area contributed by atoms with E-state index >= 15 is 0 Å². The summed E-state index contributed by atoms with van der Waals surface area (Å²) in [5.41, 5.74) is -1.13. The van der Waals surface area contributed by atoms with Crippen molar-refractivity contribution in [1.29, 1.82) is 0 Å². The minimum Gasteiger partial charge on any atom is -0.380 e. The molecule has 0 radical (unpaired) electrons. The van der Waals surface area contributed by atoms with Gasteiger partial charge in [0.15, 0.2) is 0 Å². The Bertz CT molecular complexity index is 143. The van der Waals surface area contributed by atoms with Crippen LogP contribution in [0.15, 0.2) is 0 Å². The van der Waals surface area contributed by atoms with Gasteiger partial charge in [0.1, 0.15) is 5.60 Å². The molecule has 3 nitrogen and oxygen atoms in total. The first kappa shape index (κ1) is 7.54. The van der Waals surface area contributed by atoms with Gasteiger partial charge in [0.05, 0.1) is 0 Å². The summed E-state index contributed by atoms with van der Waals surface area (Å²) in [4.78, 5) is 11.0. The lowest BCUT2D eigenvalue weighted by Gasteiger charge is -2.17. The molecule has 1 fully saturated rings. The Morgan fingerprint density at radius 2 is 2.30 bits per heavy atom. The maximum atomic E-state index is 11.0. The summed E-state index contributed by atoms with van der Waals surface area (Å²) >= 11 is 0. The number of aliphatic hydroxyl groups is 1. The zero-order valence-corrected chi connectivity index (χ0v) is 6.18. The third-order valence-electron chi connectivity index (χ3n) is 1.87. The number of hydrogen-bond donors (Lipinski definition) is 2. The lowest BCUT2D eigenvalue weighted by atomic mass is 10.0. The molecule has 2 N–H and O–H groups in total. The normalized spacial score (nSPS) is 34.8. The van der Waals surface area contributed by atoms with Crippen LogP contribution in [0.5, 0.6) is 0 Å². The van der Waals surface area contributed by atoms with Crippen molar-refractivity contribution in [2.45, 2.75) is 31.8 Å². The summed E-state index contributed by atoms with van der Waals surface area (Å²) < 4.78 is 0. The molecule has 1 aliphatic heterocycles. The first-order chi connectivity index (χ1) is 4.63. The van der Waals surface area contributed by atoms with Crippen molar-refractivity contribution in [1.82, 2.24) is 5.32 Å². The average molecular weight is 143 g/mol. The molecule has 1 unspecified atom stereocenters. The van der Waals surface area contributed by atoms with E-state index in [0.29, 0.717) is 13.0 Å². The fraction of sp³-hybridized carbons (Fsp3) is 0.857. The third kappa shape index (κ3) is 1.48. The standard InChI is InChI=1S/C7H13NO2/c1-7(10)4-2-3-5-8-6(7)9/h10H,2-5H2,1H3,(H,8,9). The molecule has 1 heterocycles. The van der Waals surface area contributed by atoms with Crippen molar-refractivity contribution < 1.29 is 9.90 Å². The Labute approximate surface area is 60.4 Å². The first-order valence-electron chi connectivity index (χ1n) is 3.63. The minimum atomic E-state index is -1.13. The van der Waals surface area contributed by atoms with Crippen molar-refractivity contribution in [2.24, 2.45) is 0 Å². The van der Waals surface area contributed by atoms with Gasteiger partial charge in [-0.15, -0.1) is 0 Å². The van der Waals surface area contributed by atoms with Gasteiger partial charge in [-0.05, 0) is 26.2 Å². The highest BCUT2D eigenvalue weighted by Gasteiger charge is 2.30. The van der Waals surface area contributed by atoms with Crippen molar-refractivity contribution in [2.75, 3.05) is 6.54 Å². The summed E-state index contributed by atoms with van der Waals surface area (Å²) in [6, 6.07) is 0. The average Bonchev–Trinajstić information content (AvgIpc) is 1.96. The van der Waals surface area contributed by atoms with E-state index in [-0.39, 0.29) is 5.91 Å². The van der Waals surface area contributed by atoms with Crippen LogP contribution in [0.25, 0.3) is 0 Å². The van der Waals surface area contributed by atoms with Crippen molar-refractivity contribution >= 4 is 5.91 Å². The number of carbonyl (C=O) groups is 1. The Balaban J connectivity index is 2.61. The molecule has 0 aromatic rings. The van der Waals surface area contributed by atoms with Crippen LogP contribution < -0.4 is 5.32 Å². The van der Waals surface area contributed by atoms with Gasteiger partial charge in [-0.1, -0.05) is 0 Å². The van der Waals surface area contributed by atoms with E-state index in [9.17, 15) is 9.90 Å². The Hall–Kier alpha value is -0.570. The van der Waals surface area contributed by atoms with Gasteiger partial charge in [-0.25, -0.2) is 0 Å². The monoisotopic (exact) mass is 143 g/mol. The second-order valence-electron chi connectivity index (χ2n) is 2.99. The molecule has 0 aliphatic carbocycles. The van der Waals surface area contributed by atoms with Crippen molar-refractivity contribution in [3.05, 3.63) is 0 Å². The van der Waals surface area contributed by atoms with Gasteiger partial charge in [-0.2, -0.15) is 0 Å². The molecule has 0 saturated carbocycles. The molecule has 1 amide bonds. The Morgan fingerprint density at radius 3 is 3.00 bits per heavy atom. The zero-order chi connectivity index (χ0) is 7.61. The highest BCUT2D eigenvalue weighted by Crippen LogP contribution is 2.15. The van der Waals surface area contributed by atoms with Crippen LogP contribution in [-0.4, -0.2) is 23.2 Å². The second-order valence-corrected chi connectivity index (χ2v) is 2.99. The smallest absolute Gasteiger partial charge is 0.251 e. The molecule has 1 rings (SSSR count). The summed E-state index contributed by atoms with van der Waals surface area (Å²) in [6.45, 7) is 2.27. The highest BCUT2D eigenvalue weighted by atomic mass is 16.3. The van der Waals surface area contributed by atoms with E-state index in [2.05, 4.69) is 5.32 Å². The van der Waals surface area contributed by atoms with E-state index in [1.54, 1.807) is 6.92 Å². The predicted molar refractivity (Wildman–Crippen MR) is 37.5 cm³/mol. The van der Waals surface area contributed by atoms with Crippen molar-refractivity contribution in [3.63, 3.8) is 0 Å². The fourth-order valence-electron chi connectivity index (χ4n) is 1.10. The number of rotatable bonds is 0. The van der Waals surface area contributed by atoms with E-state index in [4.69, 9.17) is 0 Å². The molecule has 58 valence electrons. The maximum Gasteiger partial charge on any atom is 0.251 e. The van der Waals surface area contributed by atoms with Gasteiger partial charge >= 0.3 is 0 Å². The molecule has 0 aromatic heterocycles. The minimum absolute atomic E-state index is 0.231. The molecule has 1 aliphatic rings. The van der Waals surface area contributed by atoms with Crippen LogP contribution in [0, 0.1) is 0 Å². The molecule has 0 spiro atoms. The molecular formula is C7H13NO2. The van der Waals surface area contributed by atoms with Gasteiger partial charge in [-0.3, -0.25) is 4.79 Å². The van der Waals surface area contributed by atoms with Gasteiger partial charge in [0.2, 0.25) is 0 Å². The van der Waals surface area contributed by atoms with Crippen LogP contribution in [0.2, 0.25) is 0 Å².